The Kier molecular flexibility index (Phi) is 5.94. The summed E-state index contributed by atoms with van der Waals surface area (Å²) in [4.78, 5) is 20.0. The maximum absolute atomic E-state index is 12.1. The van der Waals surface area contributed by atoms with E-state index in [4.69, 9.17) is 5.73 Å². The summed E-state index contributed by atoms with van der Waals surface area (Å²) in [6.07, 6.45) is 2.93. The molecule has 6 heteroatoms. The number of nitrogens with zero attached hydrogens (tertiary/aromatic N) is 2. The molecule has 3 N–H and O–H groups in total. The van der Waals surface area contributed by atoms with Crippen molar-refractivity contribution in [3.05, 3.63) is 11.1 Å². The minimum absolute atomic E-state index is 0.00298. The molecule has 0 saturated carbocycles. The van der Waals surface area contributed by atoms with E-state index in [2.05, 4.69) is 36.0 Å². The number of carbonyl (C=O) groups excluding carboxylic acids is 1. The maximum atomic E-state index is 12.1. The molecule has 1 aliphatic heterocycles. The van der Waals surface area contributed by atoms with E-state index in [1.165, 1.54) is 4.88 Å². The highest BCUT2D eigenvalue weighted by Crippen LogP contribution is 2.23. The molecule has 0 aliphatic carbocycles. The zero-order valence-corrected chi connectivity index (χ0v) is 14.8. The molecular weight excluding hydrogens is 296 g/mol. The zero-order chi connectivity index (χ0) is 16.3. The molecule has 0 radical (unpaired) electrons. The Bertz CT molecular complexity index is 502. The summed E-state index contributed by atoms with van der Waals surface area (Å²) in [5.41, 5.74) is 6.06. The van der Waals surface area contributed by atoms with Crippen molar-refractivity contribution in [1.82, 2.24) is 9.88 Å². The van der Waals surface area contributed by atoms with Gasteiger partial charge in [0.05, 0.1) is 0 Å². The first-order valence-corrected chi connectivity index (χ1v) is 8.92. The first-order valence-electron chi connectivity index (χ1n) is 8.10. The van der Waals surface area contributed by atoms with Gasteiger partial charge in [0, 0.05) is 42.7 Å². The number of nitrogens with one attached hydrogen (secondary N) is 1. The van der Waals surface area contributed by atoms with Gasteiger partial charge in [-0.1, -0.05) is 27.7 Å². The lowest BCUT2D eigenvalue weighted by atomic mass is 9.95. The molecule has 5 nitrogen and oxygen atoms in total. The lowest BCUT2D eigenvalue weighted by molar-refractivity contribution is -0.120. The Hall–Kier alpha value is -0.980. The van der Waals surface area contributed by atoms with Crippen LogP contribution in [-0.2, 0) is 11.3 Å². The number of anilines is 1. The minimum atomic E-state index is -0.00298. The number of thiazole rings is 1. The highest BCUT2D eigenvalue weighted by Gasteiger charge is 2.23. The fourth-order valence-corrected chi connectivity index (χ4v) is 3.43. The number of hydrogen-bond acceptors (Lipinski definition) is 5. The third-order valence-electron chi connectivity index (χ3n) is 4.63. The van der Waals surface area contributed by atoms with E-state index in [0.29, 0.717) is 23.0 Å². The lowest BCUT2D eigenvalue weighted by Gasteiger charge is -2.34. The van der Waals surface area contributed by atoms with E-state index in [1.807, 2.05) is 13.1 Å². The van der Waals surface area contributed by atoms with Crippen LogP contribution in [0.1, 0.15) is 39.0 Å². The first-order chi connectivity index (χ1) is 10.4. The lowest BCUT2D eigenvalue weighted by Crippen LogP contribution is -2.45. The summed E-state index contributed by atoms with van der Waals surface area (Å²) in [5.74, 6) is 0.913. The van der Waals surface area contributed by atoms with Gasteiger partial charge in [0.1, 0.15) is 0 Å². The van der Waals surface area contributed by atoms with E-state index >= 15 is 0 Å². The quantitative estimate of drug-likeness (QED) is 0.873. The molecule has 0 aromatic carbocycles. The van der Waals surface area contributed by atoms with Crippen LogP contribution >= 0.6 is 11.3 Å². The van der Waals surface area contributed by atoms with Crippen molar-refractivity contribution in [3.8, 4) is 0 Å². The van der Waals surface area contributed by atoms with Crippen LogP contribution in [0.2, 0.25) is 0 Å². The van der Waals surface area contributed by atoms with Crippen LogP contribution in [0.15, 0.2) is 6.20 Å². The van der Waals surface area contributed by atoms with Gasteiger partial charge in [0.25, 0.3) is 0 Å². The van der Waals surface area contributed by atoms with E-state index in [1.54, 1.807) is 11.3 Å². The van der Waals surface area contributed by atoms with Gasteiger partial charge < -0.3 is 11.1 Å². The maximum Gasteiger partial charge on any atom is 0.229 e. The number of likely N-dealkylation sites (tertiary alicyclic amines) is 1. The summed E-state index contributed by atoms with van der Waals surface area (Å²) in [6.45, 7) is 11.2. The second-order valence-electron chi connectivity index (χ2n) is 6.82. The van der Waals surface area contributed by atoms with Crippen LogP contribution in [-0.4, -0.2) is 34.9 Å². The van der Waals surface area contributed by atoms with Crippen LogP contribution in [0, 0.1) is 17.8 Å². The summed E-state index contributed by atoms with van der Waals surface area (Å²) >= 11 is 1.57. The van der Waals surface area contributed by atoms with Gasteiger partial charge in [-0.2, -0.15) is 0 Å². The average Bonchev–Trinajstić information content (AvgIpc) is 2.89. The van der Waals surface area contributed by atoms with Gasteiger partial charge >= 0.3 is 0 Å². The van der Waals surface area contributed by atoms with Crippen molar-refractivity contribution in [3.63, 3.8) is 0 Å². The molecule has 0 bridgehead atoms. The molecule has 1 aromatic rings. The van der Waals surface area contributed by atoms with E-state index < -0.39 is 0 Å². The Morgan fingerprint density at radius 2 is 2.27 bits per heavy atom. The minimum Gasteiger partial charge on any atom is -0.327 e. The van der Waals surface area contributed by atoms with Crippen LogP contribution < -0.4 is 11.1 Å². The van der Waals surface area contributed by atoms with Gasteiger partial charge in [0.15, 0.2) is 5.13 Å². The number of carbonyl (C=O) groups is 1. The smallest absolute Gasteiger partial charge is 0.229 e. The van der Waals surface area contributed by atoms with E-state index in [0.717, 1.165) is 26.1 Å². The van der Waals surface area contributed by atoms with Crippen LogP contribution in [0.5, 0.6) is 0 Å². The number of nitrogens with two attached hydrogens (primary N) is 1. The first kappa shape index (κ1) is 17.4. The monoisotopic (exact) mass is 324 g/mol. The Labute approximate surface area is 137 Å². The van der Waals surface area contributed by atoms with E-state index in [9.17, 15) is 4.79 Å². The predicted molar refractivity (Wildman–Crippen MR) is 91.8 cm³/mol. The largest absolute Gasteiger partial charge is 0.327 e. The summed E-state index contributed by atoms with van der Waals surface area (Å²) in [7, 11) is 0. The third kappa shape index (κ3) is 4.51. The normalized spacial score (nSPS) is 24.5. The zero-order valence-electron chi connectivity index (χ0n) is 14.0. The molecule has 1 fully saturated rings. The fraction of sp³-hybridized carbons (Fsp3) is 0.750. The van der Waals surface area contributed by atoms with Crippen LogP contribution in [0.3, 0.4) is 0 Å². The third-order valence-corrected chi connectivity index (χ3v) is 5.53. The number of rotatable bonds is 5. The molecule has 124 valence electrons. The number of aromatic nitrogens is 1. The molecule has 2 heterocycles. The van der Waals surface area contributed by atoms with E-state index in [-0.39, 0.29) is 11.8 Å². The molecule has 0 spiro atoms. The van der Waals surface area contributed by atoms with Gasteiger partial charge in [-0.15, -0.1) is 11.3 Å². The molecule has 3 atom stereocenters. The van der Waals surface area contributed by atoms with Crippen molar-refractivity contribution in [2.24, 2.45) is 23.5 Å². The molecule has 1 aromatic heterocycles. The molecule has 1 amide bonds. The average molecular weight is 324 g/mol. The molecule has 1 aliphatic rings. The SMILES string of the molecule is CC(C)C(C)C(=O)Nc1ncc(CN2CCC(N)C(C)C2)s1. The van der Waals surface area contributed by atoms with Crippen molar-refractivity contribution < 1.29 is 4.79 Å². The molecular formula is C16H28N4OS. The van der Waals surface area contributed by atoms with Crippen molar-refractivity contribution >= 4 is 22.4 Å². The molecule has 2 rings (SSSR count). The van der Waals surface area contributed by atoms with Gasteiger partial charge in [-0.3, -0.25) is 9.69 Å². The van der Waals surface area contributed by atoms with Gasteiger partial charge in [0.2, 0.25) is 5.91 Å². The molecule has 22 heavy (non-hydrogen) atoms. The number of hydrogen-bond donors (Lipinski definition) is 2. The van der Waals surface area contributed by atoms with Crippen LogP contribution in [0.4, 0.5) is 5.13 Å². The van der Waals surface area contributed by atoms with Crippen molar-refractivity contribution in [1.29, 1.82) is 0 Å². The Balaban J connectivity index is 1.88. The summed E-state index contributed by atoms with van der Waals surface area (Å²) in [5, 5.41) is 3.63. The molecule has 3 unspecified atom stereocenters. The fourth-order valence-electron chi connectivity index (χ4n) is 2.57. The van der Waals surface area contributed by atoms with Crippen molar-refractivity contribution in [2.45, 2.75) is 46.7 Å². The van der Waals surface area contributed by atoms with Gasteiger partial charge in [-0.25, -0.2) is 4.98 Å². The molecule has 1 saturated heterocycles. The second-order valence-corrected chi connectivity index (χ2v) is 7.93. The highest BCUT2D eigenvalue weighted by atomic mass is 32.1. The number of amides is 1. The standard InChI is InChI=1S/C16H28N4OS/c1-10(2)12(4)15(21)19-16-18-7-13(22-16)9-20-6-5-14(17)11(3)8-20/h7,10-12,14H,5-6,8-9,17H2,1-4H3,(H,18,19,21). The summed E-state index contributed by atoms with van der Waals surface area (Å²) < 4.78 is 0. The van der Waals surface area contributed by atoms with Gasteiger partial charge in [-0.05, 0) is 18.3 Å². The summed E-state index contributed by atoms with van der Waals surface area (Å²) in [6, 6.07) is 0.324. The number of piperidine rings is 1. The second kappa shape index (κ2) is 7.53. The predicted octanol–water partition coefficient (Wildman–Crippen LogP) is 2.54. The topological polar surface area (TPSA) is 71.2 Å². The van der Waals surface area contributed by atoms with Crippen molar-refractivity contribution in [2.75, 3.05) is 18.4 Å². The Morgan fingerprint density at radius 3 is 2.91 bits per heavy atom. The van der Waals surface area contributed by atoms with Crippen LogP contribution in [0.25, 0.3) is 0 Å². The Morgan fingerprint density at radius 1 is 1.55 bits per heavy atom. The highest BCUT2D eigenvalue weighted by molar-refractivity contribution is 7.15.